The Morgan fingerprint density at radius 2 is 2.21 bits per heavy atom. The minimum absolute atomic E-state index is 0.515. The minimum Gasteiger partial charge on any atom is -0.355 e. The van der Waals surface area contributed by atoms with E-state index in [0.29, 0.717) is 11.1 Å². The summed E-state index contributed by atoms with van der Waals surface area (Å²) in [6.45, 7) is 0.819. The fourth-order valence-corrected chi connectivity index (χ4v) is 3.31. The van der Waals surface area contributed by atoms with Crippen LogP contribution in [0.3, 0.4) is 0 Å². The molecule has 0 radical (unpaired) electrons. The SMILES string of the molecule is CN(Cc1csc(Br)c1)c1cc(Cl)nc(C2CC2)n1. The van der Waals surface area contributed by atoms with E-state index in [2.05, 4.69) is 42.2 Å². The van der Waals surface area contributed by atoms with Crippen molar-refractivity contribution in [1.82, 2.24) is 9.97 Å². The van der Waals surface area contributed by atoms with Gasteiger partial charge in [0, 0.05) is 25.6 Å². The number of aromatic nitrogens is 2. The highest BCUT2D eigenvalue weighted by Gasteiger charge is 2.27. The van der Waals surface area contributed by atoms with Crippen LogP contribution in [0.25, 0.3) is 0 Å². The van der Waals surface area contributed by atoms with Crippen molar-refractivity contribution in [1.29, 1.82) is 0 Å². The summed E-state index contributed by atoms with van der Waals surface area (Å²) in [5.74, 6) is 2.30. The Bertz CT molecular complexity index is 597. The summed E-state index contributed by atoms with van der Waals surface area (Å²) >= 11 is 11.3. The zero-order valence-corrected chi connectivity index (χ0v) is 13.6. The van der Waals surface area contributed by atoms with Gasteiger partial charge < -0.3 is 4.90 Å². The summed E-state index contributed by atoms with van der Waals surface area (Å²) in [6.07, 6.45) is 2.36. The van der Waals surface area contributed by atoms with Crippen molar-refractivity contribution in [2.75, 3.05) is 11.9 Å². The summed E-state index contributed by atoms with van der Waals surface area (Å²) in [7, 11) is 2.03. The zero-order valence-electron chi connectivity index (χ0n) is 10.4. The Balaban J connectivity index is 1.80. The van der Waals surface area contributed by atoms with E-state index in [4.69, 9.17) is 11.6 Å². The van der Waals surface area contributed by atoms with Gasteiger partial charge in [0.2, 0.25) is 0 Å². The van der Waals surface area contributed by atoms with Gasteiger partial charge in [-0.3, -0.25) is 0 Å². The lowest BCUT2D eigenvalue weighted by Crippen LogP contribution is -2.18. The second-order valence-electron chi connectivity index (χ2n) is 4.80. The van der Waals surface area contributed by atoms with Gasteiger partial charge in [0.1, 0.15) is 16.8 Å². The number of rotatable bonds is 4. The normalized spacial score (nSPS) is 14.7. The van der Waals surface area contributed by atoms with Gasteiger partial charge >= 0.3 is 0 Å². The van der Waals surface area contributed by atoms with E-state index in [1.165, 1.54) is 18.4 Å². The molecule has 1 aliphatic carbocycles. The topological polar surface area (TPSA) is 29.0 Å². The molecule has 0 unspecified atom stereocenters. The van der Waals surface area contributed by atoms with Crippen molar-refractivity contribution in [2.24, 2.45) is 0 Å². The molecule has 2 heterocycles. The molecule has 3 nitrogen and oxygen atoms in total. The van der Waals surface area contributed by atoms with Crippen LogP contribution in [0.4, 0.5) is 5.82 Å². The monoisotopic (exact) mass is 357 g/mol. The summed E-state index contributed by atoms with van der Waals surface area (Å²) in [6, 6.07) is 3.96. The molecular weight excluding hydrogens is 346 g/mol. The van der Waals surface area contributed by atoms with E-state index < -0.39 is 0 Å². The molecule has 3 rings (SSSR count). The van der Waals surface area contributed by atoms with Crippen LogP contribution in [0.5, 0.6) is 0 Å². The third-order valence-corrected chi connectivity index (χ3v) is 4.82. The lowest BCUT2D eigenvalue weighted by Gasteiger charge is -2.18. The summed E-state index contributed by atoms with van der Waals surface area (Å²) in [5.41, 5.74) is 1.27. The van der Waals surface area contributed by atoms with Crippen LogP contribution in [0.15, 0.2) is 21.3 Å². The number of hydrogen-bond donors (Lipinski definition) is 0. The van der Waals surface area contributed by atoms with Crippen LogP contribution in [0.2, 0.25) is 5.15 Å². The molecule has 2 aromatic heterocycles. The summed E-state index contributed by atoms with van der Waals surface area (Å²) < 4.78 is 1.15. The molecule has 0 N–H and O–H groups in total. The lowest BCUT2D eigenvalue weighted by atomic mass is 10.3. The van der Waals surface area contributed by atoms with E-state index in [1.807, 2.05) is 13.1 Å². The largest absolute Gasteiger partial charge is 0.355 e. The van der Waals surface area contributed by atoms with Crippen LogP contribution in [0.1, 0.15) is 30.1 Å². The molecule has 0 atom stereocenters. The molecule has 0 aromatic carbocycles. The quantitative estimate of drug-likeness (QED) is 0.755. The highest BCUT2D eigenvalue weighted by Crippen LogP contribution is 2.39. The Kier molecular flexibility index (Phi) is 3.78. The Hall–Kier alpha value is -0.650. The fraction of sp³-hybridized carbons (Fsp3) is 0.385. The first kappa shape index (κ1) is 13.3. The summed E-state index contributed by atoms with van der Waals surface area (Å²) in [4.78, 5) is 11.0. The molecule has 19 heavy (non-hydrogen) atoms. The molecule has 0 spiro atoms. The molecule has 1 aliphatic rings. The predicted molar refractivity (Wildman–Crippen MR) is 83.1 cm³/mol. The second kappa shape index (κ2) is 5.38. The smallest absolute Gasteiger partial charge is 0.135 e. The van der Waals surface area contributed by atoms with Gasteiger partial charge in [0.05, 0.1) is 3.79 Å². The van der Waals surface area contributed by atoms with E-state index in [0.717, 1.165) is 22.0 Å². The van der Waals surface area contributed by atoms with E-state index in [1.54, 1.807) is 11.3 Å². The predicted octanol–water partition coefficient (Wildman–Crippen LogP) is 4.47. The Labute approximate surface area is 129 Å². The van der Waals surface area contributed by atoms with Gasteiger partial charge in [-0.05, 0) is 45.8 Å². The zero-order chi connectivity index (χ0) is 13.4. The summed E-state index contributed by atoms with van der Waals surface area (Å²) in [5, 5.41) is 2.68. The van der Waals surface area contributed by atoms with Gasteiger partial charge in [-0.1, -0.05) is 11.6 Å². The minimum atomic E-state index is 0.515. The number of thiophene rings is 1. The van der Waals surface area contributed by atoms with Gasteiger partial charge in [-0.15, -0.1) is 11.3 Å². The molecule has 6 heteroatoms. The van der Waals surface area contributed by atoms with Crippen molar-refractivity contribution in [3.05, 3.63) is 37.8 Å². The molecule has 100 valence electrons. The molecule has 1 fully saturated rings. The maximum Gasteiger partial charge on any atom is 0.135 e. The molecule has 1 saturated carbocycles. The number of nitrogens with zero attached hydrogens (tertiary/aromatic N) is 3. The molecule has 0 aliphatic heterocycles. The highest BCUT2D eigenvalue weighted by atomic mass is 79.9. The third-order valence-electron chi connectivity index (χ3n) is 3.07. The number of hydrogen-bond acceptors (Lipinski definition) is 4. The van der Waals surface area contributed by atoms with Gasteiger partial charge in [-0.25, -0.2) is 9.97 Å². The molecule has 0 saturated heterocycles. The molecule has 2 aromatic rings. The van der Waals surface area contributed by atoms with E-state index >= 15 is 0 Å². The van der Waals surface area contributed by atoms with Crippen molar-refractivity contribution in [3.8, 4) is 0 Å². The average molecular weight is 359 g/mol. The second-order valence-corrected chi connectivity index (χ2v) is 7.47. The first-order valence-corrected chi connectivity index (χ1v) is 8.15. The number of halogens is 2. The van der Waals surface area contributed by atoms with Crippen LogP contribution < -0.4 is 4.90 Å². The van der Waals surface area contributed by atoms with Crippen molar-refractivity contribution >= 4 is 44.7 Å². The molecular formula is C13H13BrClN3S. The lowest BCUT2D eigenvalue weighted by molar-refractivity contribution is 0.856. The standard InChI is InChI=1S/C13H13BrClN3S/c1-18(6-8-4-10(14)19-7-8)12-5-11(15)16-13(17-12)9-2-3-9/h4-5,7,9H,2-3,6H2,1H3. The molecule has 0 amide bonds. The van der Waals surface area contributed by atoms with Crippen molar-refractivity contribution in [2.45, 2.75) is 25.3 Å². The van der Waals surface area contributed by atoms with Crippen LogP contribution in [0, 0.1) is 0 Å². The van der Waals surface area contributed by atoms with Crippen molar-refractivity contribution < 1.29 is 0 Å². The average Bonchev–Trinajstić information content (AvgIpc) is 3.13. The maximum absolute atomic E-state index is 6.09. The van der Waals surface area contributed by atoms with Crippen LogP contribution in [-0.4, -0.2) is 17.0 Å². The third kappa shape index (κ3) is 3.27. The Morgan fingerprint density at radius 3 is 2.84 bits per heavy atom. The van der Waals surface area contributed by atoms with E-state index in [-0.39, 0.29) is 0 Å². The molecule has 0 bridgehead atoms. The van der Waals surface area contributed by atoms with Gasteiger partial charge in [0.25, 0.3) is 0 Å². The highest BCUT2D eigenvalue weighted by molar-refractivity contribution is 9.11. The van der Waals surface area contributed by atoms with Gasteiger partial charge in [0.15, 0.2) is 0 Å². The Morgan fingerprint density at radius 1 is 1.42 bits per heavy atom. The fourth-order valence-electron chi connectivity index (χ4n) is 1.93. The van der Waals surface area contributed by atoms with Crippen molar-refractivity contribution in [3.63, 3.8) is 0 Å². The van der Waals surface area contributed by atoms with Gasteiger partial charge in [-0.2, -0.15) is 0 Å². The first-order chi connectivity index (χ1) is 9.11. The number of anilines is 1. The van der Waals surface area contributed by atoms with Crippen LogP contribution >= 0.6 is 38.9 Å². The van der Waals surface area contributed by atoms with E-state index in [9.17, 15) is 0 Å². The van der Waals surface area contributed by atoms with Crippen LogP contribution in [-0.2, 0) is 6.54 Å². The maximum atomic E-state index is 6.09. The first-order valence-electron chi connectivity index (χ1n) is 6.10.